The maximum absolute atomic E-state index is 14.4. The maximum Gasteiger partial charge on any atom is 0.321 e. The van der Waals surface area contributed by atoms with E-state index in [-0.39, 0.29) is 36.6 Å². The number of hydrogen-bond acceptors (Lipinski definition) is 10. The van der Waals surface area contributed by atoms with Gasteiger partial charge in [0.05, 0.1) is 47.6 Å². The number of nitrogens with zero attached hydrogens (tertiary/aromatic N) is 3. The van der Waals surface area contributed by atoms with E-state index in [1.54, 1.807) is 6.08 Å². The fourth-order valence-electron chi connectivity index (χ4n) is 10.1. The van der Waals surface area contributed by atoms with Gasteiger partial charge in [-0.3, -0.25) is 14.4 Å². The molecule has 0 aromatic heterocycles. The number of ether oxygens (including phenoxy) is 2. The Bertz CT molecular complexity index is 2350. The molecule has 2 fully saturated rings. The molecule has 65 heavy (non-hydrogen) atoms. The largest absolute Gasteiger partial charge is 0.515 e. The second kappa shape index (κ2) is 21.7. The summed E-state index contributed by atoms with van der Waals surface area (Å²) in [5.74, 6) is -0.732. The van der Waals surface area contributed by atoms with E-state index >= 15 is 0 Å². The summed E-state index contributed by atoms with van der Waals surface area (Å²) in [6, 6.07) is 0. The van der Waals surface area contributed by atoms with Crippen molar-refractivity contribution < 1.29 is 29.0 Å². The molecule has 2 N–H and O–H groups in total. The van der Waals surface area contributed by atoms with E-state index in [2.05, 4.69) is 53.4 Å². The lowest BCUT2D eigenvalue weighted by Crippen LogP contribution is -2.26. The van der Waals surface area contributed by atoms with E-state index in [4.69, 9.17) is 24.5 Å². The van der Waals surface area contributed by atoms with Gasteiger partial charge in [-0.2, -0.15) is 0 Å². The summed E-state index contributed by atoms with van der Waals surface area (Å²) >= 11 is 0. The van der Waals surface area contributed by atoms with E-state index < -0.39 is 11.9 Å². The van der Waals surface area contributed by atoms with E-state index in [1.165, 1.54) is 57.6 Å². The molecule has 2 unspecified atom stereocenters. The molecule has 0 amide bonds. The lowest BCUT2D eigenvalue weighted by molar-refractivity contribution is -0.146. The number of hydrogen-bond donors (Lipinski definition) is 2. The minimum atomic E-state index is -1.23. The van der Waals surface area contributed by atoms with Crippen LogP contribution in [0.15, 0.2) is 131 Å². The van der Waals surface area contributed by atoms with Gasteiger partial charge in [0.1, 0.15) is 12.5 Å². The molecule has 1 saturated carbocycles. The van der Waals surface area contributed by atoms with Gasteiger partial charge in [-0.05, 0) is 105 Å². The first kappa shape index (κ1) is 49.1. The molecule has 5 aliphatic heterocycles. The highest BCUT2D eigenvalue weighted by Crippen LogP contribution is 2.47. The number of aliphatic hydroxyl groups excluding tert-OH is 1. The lowest BCUT2D eigenvalue weighted by atomic mass is 9.85. The second-order valence-corrected chi connectivity index (χ2v) is 19.4. The molecule has 10 heteroatoms. The Morgan fingerprint density at radius 3 is 2.25 bits per heavy atom. The van der Waals surface area contributed by atoms with Crippen molar-refractivity contribution in [2.24, 2.45) is 50.5 Å². The minimum Gasteiger partial charge on any atom is -0.515 e. The minimum absolute atomic E-state index is 0.139. The van der Waals surface area contributed by atoms with Crippen molar-refractivity contribution in [2.75, 3.05) is 13.7 Å². The zero-order valence-corrected chi connectivity index (χ0v) is 40.7. The summed E-state index contributed by atoms with van der Waals surface area (Å²) in [6.07, 6.45) is 22.9. The topological polar surface area (TPSA) is 139 Å². The quantitative estimate of drug-likeness (QED) is 0.0537. The van der Waals surface area contributed by atoms with Crippen LogP contribution >= 0.6 is 0 Å². The van der Waals surface area contributed by atoms with Crippen LogP contribution in [0.5, 0.6) is 0 Å². The number of esters is 2. The number of methoxy groups -OCH3 is 1. The zero-order chi connectivity index (χ0) is 47.1. The number of carbonyl (C=O) groups is 3. The maximum atomic E-state index is 14.4. The molecule has 5 heterocycles. The highest BCUT2D eigenvalue weighted by molar-refractivity contribution is 6.42. The molecule has 10 nitrogen and oxygen atoms in total. The number of rotatable bonds is 20. The highest BCUT2D eigenvalue weighted by Gasteiger charge is 2.52. The standard InChI is InChI=1S/C55H72N4O6/c1-12-38-35(8)42-27-43-36(9)40(23-24-48(61)65-26-25-34(7)22-16-21-33(6)20-15-19-32(5)18-14-17-31(3)4)52(58-43)50-51(55(63)64-11)54(62)49-37(10)44(59-53(49)50)28-46-39(13-2)41(30-60)47(57-46)29-45(38)56-42/h12,25,27-33,36,40,51,58,60H,1,13-24,26H2,2-11H3/b34-25+,41-30+,43-27?,44-28?,45-29?,52-50?/t32?,33?,36-,40-,51+/m0/s1. The molecule has 0 spiro atoms. The number of ketones is 1. The average Bonchev–Trinajstić information content (AvgIpc) is 4.02. The van der Waals surface area contributed by atoms with E-state index in [9.17, 15) is 19.5 Å². The summed E-state index contributed by atoms with van der Waals surface area (Å²) in [6.45, 7) is 23.7. The Labute approximate surface area is 387 Å². The summed E-state index contributed by atoms with van der Waals surface area (Å²) in [7, 11) is 1.29. The average molecular weight is 885 g/mol. The SMILES string of the molecule is C=CC1=C(C)C2=NC1=CC1=NC(=C(CC)/C1=C\O)C=C1N=C3C(=C1C)C(=O)[C@H](C(=O)OC)C3=C1NC(=C2)[C@@H](C)[C@@H]1CCC(=O)OC/C=C(\C)CCCC(C)CCCC(C)CCCC(C)C. The fraction of sp³-hybridized carbons (Fsp3) is 0.527. The van der Waals surface area contributed by atoms with Gasteiger partial charge in [0, 0.05) is 51.9 Å². The van der Waals surface area contributed by atoms with Crippen molar-refractivity contribution in [3.8, 4) is 0 Å². The lowest BCUT2D eigenvalue weighted by Gasteiger charge is -2.19. The zero-order valence-electron chi connectivity index (χ0n) is 40.7. The van der Waals surface area contributed by atoms with Gasteiger partial charge >= 0.3 is 11.9 Å². The first-order valence-corrected chi connectivity index (χ1v) is 24.1. The molecule has 0 radical (unpaired) electrons. The van der Waals surface area contributed by atoms with Crippen molar-refractivity contribution in [2.45, 2.75) is 139 Å². The van der Waals surface area contributed by atoms with Crippen LogP contribution in [0, 0.1) is 35.5 Å². The number of allylic oxidation sites excluding steroid dienone is 12. The van der Waals surface area contributed by atoms with Crippen molar-refractivity contribution in [3.05, 3.63) is 116 Å². The Morgan fingerprint density at radius 1 is 0.908 bits per heavy atom. The van der Waals surface area contributed by atoms with Gasteiger partial charge < -0.3 is 19.9 Å². The molecule has 6 aliphatic rings. The second-order valence-electron chi connectivity index (χ2n) is 19.4. The van der Waals surface area contributed by atoms with E-state index in [0.717, 1.165) is 53.4 Å². The smallest absolute Gasteiger partial charge is 0.321 e. The first-order chi connectivity index (χ1) is 31.1. The van der Waals surface area contributed by atoms with Crippen molar-refractivity contribution in [1.29, 1.82) is 0 Å². The predicted octanol–water partition coefficient (Wildman–Crippen LogP) is 12.1. The van der Waals surface area contributed by atoms with Gasteiger partial charge in [-0.25, -0.2) is 15.0 Å². The molecule has 5 atom stereocenters. The summed E-state index contributed by atoms with van der Waals surface area (Å²) in [5, 5.41) is 14.1. The third kappa shape index (κ3) is 10.8. The summed E-state index contributed by atoms with van der Waals surface area (Å²) in [4.78, 5) is 56.5. The van der Waals surface area contributed by atoms with Crippen LogP contribution in [0.1, 0.15) is 139 Å². The number of carbonyl (C=O) groups excluding carboxylic acids is 3. The summed E-state index contributed by atoms with van der Waals surface area (Å²) < 4.78 is 11.0. The third-order valence-corrected chi connectivity index (χ3v) is 14.2. The molecule has 6 rings (SSSR count). The highest BCUT2D eigenvalue weighted by atomic mass is 16.5. The summed E-state index contributed by atoms with van der Waals surface area (Å²) in [5.41, 5.74) is 10.9. The molecule has 1 aliphatic carbocycles. The van der Waals surface area contributed by atoms with Crippen LogP contribution < -0.4 is 5.32 Å². The molecule has 8 bridgehead atoms. The Hall–Kier alpha value is -5.38. The fourth-order valence-corrected chi connectivity index (χ4v) is 10.1. The Balaban J connectivity index is 1.21. The van der Waals surface area contributed by atoms with Crippen LogP contribution in [0.4, 0.5) is 0 Å². The van der Waals surface area contributed by atoms with Crippen molar-refractivity contribution >= 4 is 34.9 Å². The Kier molecular flexibility index (Phi) is 16.4. The Morgan fingerprint density at radius 2 is 1.60 bits per heavy atom. The van der Waals surface area contributed by atoms with Crippen molar-refractivity contribution in [1.82, 2.24) is 5.32 Å². The number of fused-ring (bicyclic) bond motifs is 5. The number of aliphatic hydroxyl groups is 1. The van der Waals surface area contributed by atoms with Crippen LogP contribution in [-0.4, -0.2) is 53.7 Å². The monoisotopic (exact) mass is 885 g/mol. The van der Waals surface area contributed by atoms with Crippen LogP contribution in [-0.2, 0) is 23.9 Å². The molecule has 348 valence electrons. The van der Waals surface area contributed by atoms with Gasteiger partial charge in [0.15, 0.2) is 5.78 Å². The van der Waals surface area contributed by atoms with Gasteiger partial charge in [-0.15, -0.1) is 0 Å². The van der Waals surface area contributed by atoms with E-state index in [1.807, 2.05) is 45.1 Å². The first-order valence-electron chi connectivity index (χ1n) is 24.1. The molecular formula is C55H72N4O6. The van der Waals surface area contributed by atoms with Crippen LogP contribution in [0.2, 0.25) is 0 Å². The molecule has 0 aromatic rings. The van der Waals surface area contributed by atoms with Crippen LogP contribution in [0.25, 0.3) is 0 Å². The predicted molar refractivity (Wildman–Crippen MR) is 262 cm³/mol. The van der Waals surface area contributed by atoms with E-state index in [0.29, 0.717) is 81.0 Å². The van der Waals surface area contributed by atoms with Crippen LogP contribution in [0.3, 0.4) is 0 Å². The molecule has 0 aromatic carbocycles. The number of aliphatic imine (C=N–C) groups is 3. The molecular weight excluding hydrogens is 813 g/mol. The molecule has 1 saturated heterocycles. The van der Waals surface area contributed by atoms with Gasteiger partial charge in [0.25, 0.3) is 0 Å². The third-order valence-electron chi connectivity index (χ3n) is 14.2. The normalized spacial score (nSPS) is 23.2. The van der Waals surface area contributed by atoms with Gasteiger partial charge in [0.2, 0.25) is 0 Å². The number of nitrogens with one attached hydrogen (secondary N) is 1. The van der Waals surface area contributed by atoms with Crippen molar-refractivity contribution in [3.63, 3.8) is 0 Å². The van der Waals surface area contributed by atoms with Gasteiger partial charge in [-0.1, -0.05) is 105 Å². The number of Topliss-reactive ketones (excluding diaryl/α,β-unsaturated/α-hetero) is 1.